The molecule has 3 nitrogen and oxygen atoms in total. The molecule has 0 amide bonds. The first-order valence-corrected chi connectivity index (χ1v) is 3.95. The number of aliphatic imine (C=N–C) groups is 1. The maximum atomic E-state index is 12.8. The van der Waals surface area contributed by atoms with Gasteiger partial charge in [-0.05, 0) is 18.2 Å². The molecule has 0 unspecified atom stereocenters. The molecule has 0 saturated carbocycles. The van der Waals surface area contributed by atoms with Crippen LogP contribution in [0, 0.1) is 5.82 Å². The van der Waals surface area contributed by atoms with E-state index in [9.17, 15) is 4.39 Å². The Morgan fingerprint density at radius 3 is 2.85 bits per heavy atom. The molecule has 5 heteroatoms. The fourth-order valence-corrected chi connectivity index (χ4v) is 1.15. The summed E-state index contributed by atoms with van der Waals surface area (Å²) in [5, 5.41) is 0.403. The lowest BCUT2D eigenvalue weighted by atomic mass is 10.2. The average Bonchev–Trinajstić information content (AvgIpc) is 2.13. The van der Waals surface area contributed by atoms with Crippen molar-refractivity contribution in [2.45, 2.75) is 0 Å². The molecular weight excluding hydrogens is 193 g/mol. The van der Waals surface area contributed by atoms with Crippen molar-refractivity contribution in [3.8, 4) is 0 Å². The molecule has 0 aliphatic heterocycles. The largest absolute Gasteiger partial charge is 0.308 e. The van der Waals surface area contributed by atoms with E-state index in [-0.39, 0.29) is 5.82 Å². The molecule has 0 atom stereocenters. The SMILES string of the molecule is CN=C(NN)c1cc(F)ccc1Cl. The second-order valence-corrected chi connectivity index (χ2v) is 2.75. The van der Waals surface area contributed by atoms with Gasteiger partial charge in [-0.25, -0.2) is 10.2 Å². The van der Waals surface area contributed by atoms with Crippen LogP contribution >= 0.6 is 11.6 Å². The third-order valence-corrected chi connectivity index (χ3v) is 1.87. The van der Waals surface area contributed by atoms with Gasteiger partial charge in [-0.2, -0.15) is 0 Å². The van der Waals surface area contributed by atoms with Crippen molar-refractivity contribution in [3.05, 3.63) is 34.6 Å². The zero-order valence-electron chi connectivity index (χ0n) is 7.01. The number of rotatable bonds is 1. The summed E-state index contributed by atoms with van der Waals surface area (Å²) in [5.74, 6) is 5.14. The lowest BCUT2D eigenvalue weighted by Gasteiger charge is -2.06. The Hall–Kier alpha value is -1.13. The molecule has 1 rings (SSSR count). The van der Waals surface area contributed by atoms with E-state index >= 15 is 0 Å². The van der Waals surface area contributed by atoms with Crippen molar-refractivity contribution in [2.24, 2.45) is 10.8 Å². The molecule has 1 aromatic rings. The van der Waals surface area contributed by atoms with Gasteiger partial charge in [-0.15, -0.1) is 0 Å². The topological polar surface area (TPSA) is 50.4 Å². The second kappa shape index (κ2) is 4.20. The number of nitrogens with zero attached hydrogens (tertiary/aromatic N) is 1. The summed E-state index contributed by atoms with van der Waals surface area (Å²) in [6.07, 6.45) is 0. The Bertz CT molecular complexity index is 338. The fraction of sp³-hybridized carbons (Fsp3) is 0.125. The van der Waals surface area contributed by atoms with Gasteiger partial charge in [0.1, 0.15) is 11.7 Å². The summed E-state index contributed by atoms with van der Waals surface area (Å²) < 4.78 is 12.8. The zero-order chi connectivity index (χ0) is 9.84. The van der Waals surface area contributed by atoms with E-state index in [4.69, 9.17) is 17.4 Å². The van der Waals surface area contributed by atoms with Gasteiger partial charge < -0.3 is 5.43 Å². The number of hydrazine groups is 1. The maximum Gasteiger partial charge on any atom is 0.143 e. The minimum absolute atomic E-state index is 0.351. The van der Waals surface area contributed by atoms with Crippen LogP contribution in [0.1, 0.15) is 5.56 Å². The van der Waals surface area contributed by atoms with Crippen LogP contribution in [0.15, 0.2) is 23.2 Å². The Morgan fingerprint density at radius 1 is 1.62 bits per heavy atom. The maximum absolute atomic E-state index is 12.8. The number of nitrogens with one attached hydrogen (secondary N) is 1. The van der Waals surface area contributed by atoms with E-state index in [0.29, 0.717) is 16.4 Å². The van der Waals surface area contributed by atoms with E-state index in [0.717, 1.165) is 0 Å². The van der Waals surface area contributed by atoms with Gasteiger partial charge in [0, 0.05) is 12.6 Å². The molecule has 0 aliphatic carbocycles. The highest BCUT2D eigenvalue weighted by molar-refractivity contribution is 6.34. The van der Waals surface area contributed by atoms with Crippen molar-refractivity contribution in [2.75, 3.05) is 7.05 Å². The molecule has 0 aromatic heterocycles. The molecule has 13 heavy (non-hydrogen) atoms. The first-order valence-electron chi connectivity index (χ1n) is 3.58. The van der Waals surface area contributed by atoms with Crippen molar-refractivity contribution in [1.82, 2.24) is 5.43 Å². The number of hydrogen-bond donors (Lipinski definition) is 2. The summed E-state index contributed by atoms with van der Waals surface area (Å²) in [5.41, 5.74) is 2.79. The standard InChI is InChI=1S/C8H9ClFN3/c1-12-8(13-11)6-4-5(10)2-3-7(6)9/h2-4H,11H2,1H3,(H,12,13). The predicted octanol–water partition coefficient (Wildman–Crippen LogP) is 1.32. The summed E-state index contributed by atoms with van der Waals surface area (Å²) >= 11 is 5.81. The number of benzene rings is 1. The highest BCUT2D eigenvalue weighted by atomic mass is 35.5. The normalized spacial score (nSPS) is 11.5. The van der Waals surface area contributed by atoms with E-state index in [2.05, 4.69) is 10.4 Å². The van der Waals surface area contributed by atoms with Crippen molar-refractivity contribution < 1.29 is 4.39 Å². The van der Waals surface area contributed by atoms with Crippen LogP contribution in [0.2, 0.25) is 5.02 Å². The van der Waals surface area contributed by atoms with Crippen LogP contribution in [0.5, 0.6) is 0 Å². The van der Waals surface area contributed by atoms with E-state index in [1.807, 2.05) is 0 Å². The Kier molecular flexibility index (Phi) is 3.22. The van der Waals surface area contributed by atoms with Gasteiger partial charge in [0.05, 0.1) is 5.02 Å². The number of nitrogens with two attached hydrogens (primary N) is 1. The first-order chi connectivity index (χ1) is 6.19. The first kappa shape index (κ1) is 9.95. The minimum atomic E-state index is -0.379. The van der Waals surface area contributed by atoms with Gasteiger partial charge in [0.2, 0.25) is 0 Å². The molecule has 70 valence electrons. The van der Waals surface area contributed by atoms with Crippen molar-refractivity contribution in [1.29, 1.82) is 0 Å². The average molecular weight is 202 g/mol. The molecule has 0 saturated heterocycles. The van der Waals surface area contributed by atoms with Gasteiger partial charge >= 0.3 is 0 Å². The lowest BCUT2D eigenvalue weighted by molar-refractivity contribution is 0.627. The van der Waals surface area contributed by atoms with Crippen LogP contribution in [-0.4, -0.2) is 12.9 Å². The summed E-state index contributed by atoms with van der Waals surface area (Å²) in [7, 11) is 1.54. The van der Waals surface area contributed by atoms with Crippen molar-refractivity contribution in [3.63, 3.8) is 0 Å². The van der Waals surface area contributed by atoms with Crippen LogP contribution in [-0.2, 0) is 0 Å². The molecular formula is C8H9ClFN3. The van der Waals surface area contributed by atoms with Gasteiger partial charge in [-0.3, -0.25) is 4.99 Å². The predicted molar refractivity (Wildman–Crippen MR) is 51.2 cm³/mol. The van der Waals surface area contributed by atoms with Crippen molar-refractivity contribution >= 4 is 17.4 Å². The second-order valence-electron chi connectivity index (χ2n) is 2.34. The summed E-state index contributed by atoms with van der Waals surface area (Å²) in [4.78, 5) is 3.81. The quantitative estimate of drug-likeness (QED) is 0.312. The Balaban J connectivity index is 3.19. The lowest BCUT2D eigenvalue weighted by Crippen LogP contribution is -2.31. The van der Waals surface area contributed by atoms with Gasteiger partial charge in [-0.1, -0.05) is 11.6 Å². The monoisotopic (exact) mass is 201 g/mol. The molecule has 3 N–H and O–H groups in total. The highest BCUT2D eigenvalue weighted by Gasteiger charge is 2.06. The van der Waals surface area contributed by atoms with Crippen LogP contribution in [0.3, 0.4) is 0 Å². The van der Waals surface area contributed by atoms with E-state index < -0.39 is 0 Å². The molecule has 0 heterocycles. The molecule has 0 bridgehead atoms. The summed E-state index contributed by atoms with van der Waals surface area (Å²) in [6.45, 7) is 0. The molecule has 0 radical (unpaired) electrons. The number of hydrogen-bond acceptors (Lipinski definition) is 2. The number of halogens is 2. The molecule has 0 aliphatic rings. The zero-order valence-corrected chi connectivity index (χ0v) is 7.77. The Morgan fingerprint density at radius 2 is 2.31 bits per heavy atom. The number of amidine groups is 1. The highest BCUT2D eigenvalue weighted by Crippen LogP contribution is 2.16. The smallest absolute Gasteiger partial charge is 0.143 e. The van der Waals surface area contributed by atoms with Gasteiger partial charge in [0.15, 0.2) is 0 Å². The van der Waals surface area contributed by atoms with Gasteiger partial charge in [0.25, 0.3) is 0 Å². The molecule has 0 spiro atoms. The van der Waals surface area contributed by atoms with E-state index in [1.165, 1.54) is 25.2 Å². The van der Waals surface area contributed by atoms with Crippen LogP contribution in [0.4, 0.5) is 4.39 Å². The molecule has 0 fully saturated rings. The van der Waals surface area contributed by atoms with E-state index in [1.54, 1.807) is 0 Å². The minimum Gasteiger partial charge on any atom is -0.308 e. The third-order valence-electron chi connectivity index (χ3n) is 1.54. The van der Waals surface area contributed by atoms with Crippen LogP contribution in [0.25, 0.3) is 0 Å². The summed E-state index contributed by atoms with van der Waals surface area (Å²) in [6, 6.07) is 3.99. The molecule has 1 aromatic carbocycles. The third kappa shape index (κ3) is 2.17. The Labute approximate surface area is 80.4 Å². The van der Waals surface area contributed by atoms with Crippen LogP contribution < -0.4 is 11.3 Å². The fourth-order valence-electron chi connectivity index (χ4n) is 0.942.